The molecule has 0 saturated carbocycles. The highest BCUT2D eigenvalue weighted by Crippen LogP contribution is 2.35. The Morgan fingerprint density at radius 3 is 1.17 bits per heavy atom. The number of benzene rings is 4. The van der Waals surface area contributed by atoms with Crippen LogP contribution in [-0.4, -0.2) is 20.4 Å². The van der Waals surface area contributed by atoms with Gasteiger partial charge in [0.2, 0.25) is 0 Å². The van der Waals surface area contributed by atoms with E-state index in [1.54, 1.807) is 24.3 Å². The van der Waals surface area contributed by atoms with E-state index in [-0.39, 0.29) is 11.5 Å². The van der Waals surface area contributed by atoms with Gasteiger partial charge in [-0.2, -0.15) is 0 Å². The van der Waals surface area contributed by atoms with Crippen LogP contribution in [0, 0.1) is 27.7 Å². The predicted molar refractivity (Wildman–Crippen MR) is 140 cm³/mol. The summed E-state index contributed by atoms with van der Waals surface area (Å²) in [6.45, 7) is 7.93. The molecule has 0 atom stereocenters. The number of hydrogen-bond acceptors (Lipinski definition) is 4. The standard InChI is InChI=1S/C31H32O4/c1-18-13-24(20(3)28(30(18)34)15-22-5-9-26(32)10-6-22)17-25-14-19(2)31(35)29(21(25)4)16-23-7-11-27(33)12-8-23/h5-14,32-35H,15-17H2,1-4H3. The summed E-state index contributed by atoms with van der Waals surface area (Å²) < 4.78 is 0. The maximum Gasteiger partial charge on any atom is 0.122 e. The average Bonchev–Trinajstić information content (AvgIpc) is 2.83. The van der Waals surface area contributed by atoms with E-state index in [0.717, 1.165) is 55.6 Å². The molecule has 0 amide bonds. The monoisotopic (exact) mass is 468 g/mol. The second-order valence-electron chi connectivity index (χ2n) is 9.47. The molecule has 0 saturated heterocycles. The van der Waals surface area contributed by atoms with Crippen molar-refractivity contribution in [2.75, 3.05) is 0 Å². The summed E-state index contributed by atoms with van der Waals surface area (Å²) in [5.41, 5.74) is 9.85. The van der Waals surface area contributed by atoms with E-state index >= 15 is 0 Å². The highest BCUT2D eigenvalue weighted by molar-refractivity contribution is 5.55. The molecule has 0 fully saturated rings. The van der Waals surface area contributed by atoms with Gasteiger partial charge in [0.05, 0.1) is 0 Å². The molecule has 0 heterocycles. The minimum Gasteiger partial charge on any atom is -0.508 e. The van der Waals surface area contributed by atoms with Crippen LogP contribution in [0.4, 0.5) is 0 Å². The lowest BCUT2D eigenvalue weighted by molar-refractivity contribution is 0.464. The third-order valence-electron chi connectivity index (χ3n) is 6.98. The fraction of sp³-hybridized carbons (Fsp3) is 0.226. The molecule has 4 aromatic carbocycles. The van der Waals surface area contributed by atoms with Gasteiger partial charge in [0.1, 0.15) is 23.0 Å². The maximum absolute atomic E-state index is 10.8. The van der Waals surface area contributed by atoms with Crippen molar-refractivity contribution < 1.29 is 20.4 Å². The van der Waals surface area contributed by atoms with Crippen LogP contribution in [0.2, 0.25) is 0 Å². The smallest absolute Gasteiger partial charge is 0.122 e. The van der Waals surface area contributed by atoms with Gasteiger partial charge in [-0.3, -0.25) is 0 Å². The second-order valence-corrected chi connectivity index (χ2v) is 9.47. The van der Waals surface area contributed by atoms with Gasteiger partial charge in [0, 0.05) is 24.0 Å². The summed E-state index contributed by atoms with van der Waals surface area (Å²) in [6.07, 6.45) is 1.84. The molecular formula is C31H32O4. The van der Waals surface area contributed by atoms with E-state index in [1.807, 2.05) is 64.1 Å². The molecule has 4 rings (SSSR count). The van der Waals surface area contributed by atoms with Crippen molar-refractivity contribution in [1.29, 1.82) is 0 Å². The number of phenolic OH excluding ortho intramolecular Hbond substituents is 4. The molecular weight excluding hydrogens is 436 g/mol. The molecule has 0 aromatic heterocycles. The summed E-state index contributed by atoms with van der Waals surface area (Å²) >= 11 is 0. The minimum absolute atomic E-state index is 0.223. The average molecular weight is 469 g/mol. The van der Waals surface area contributed by atoms with Crippen molar-refractivity contribution in [1.82, 2.24) is 0 Å². The molecule has 35 heavy (non-hydrogen) atoms. The first-order valence-electron chi connectivity index (χ1n) is 11.8. The van der Waals surface area contributed by atoms with E-state index in [1.165, 1.54) is 0 Å². The van der Waals surface area contributed by atoms with Gasteiger partial charge in [-0.15, -0.1) is 0 Å². The molecule has 0 spiro atoms. The normalized spacial score (nSPS) is 11.1. The van der Waals surface area contributed by atoms with Crippen LogP contribution in [0.15, 0.2) is 60.7 Å². The molecule has 4 heteroatoms. The largest absolute Gasteiger partial charge is 0.508 e. The molecule has 0 unspecified atom stereocenters. The first kappa shape index (κ1) is 24.2. The van der Waals surface area contributed by atoms with Crippen molar-refractivity contribution in [2.45, 2.75) is 47.0 Å². The molecule has 0 aliphatic rings. The van der Waals surface area contributed by atoms with Gasteiger partial charge in [-0.05, 0) is 103 Å². The van der Waals surface area contributed by atoms with Gasteiger partial charge >= 0.3 is 0 Å². The van der Waals surface area contributed by atoms with E-state index in [4.69, 9.17) is 0 Å². The van der Waals surface area contributed by atoms with E-state index in [2.05, 4.69) is 0 Å². The van der Waals surface area contributed by atoms with Gasteiger partial charge in [0.15, 0.2) is 0 Å². The second kappa shape index (κ2) is 9.75. The van der Waals surface area contributed by atoms with E-state index < -0.39 is 0 Å². The quantitative estimate of drug-likeness (QED) is 0.260. The summed E-state index contributed by atoms with van der Waals surface area (Å²) in [4.78, 5) is 0. The Balaban J connectivity index is 1.71. The SMILES string of the molecule is Cc1cc(Cc2cc(C)c(O)c(Cc3ccc(O)cc3)c2C)c(C)c(Cc2ccc(O)cc2)c1O. The Morgan fingerprint density at radius 1 is 0.486 bits per heavy atom. The third kappa shape index (κ3) is 5.12. The summed E-state index contributed by atoms with van der Waals surface area (Å²) in [5, 5.41) is 40.9. The van der Waals surface area contributed by atoms with Crippen molar-refractivity contribution in [2.24, 2.45) is 0 Å². The van der Waals surface area contributed by atoms with Gasteiger partial charge < -0.3 is 20.4 Å². The molecule has 0 aliphatic heterocycles. The lowest BCUT2D eigenvalue weighted by atomic mass is 9.87. The molecule has 4 nitrogen and oxygen atoms in total. The van der Waals surface area contributed by atoms with Crippen LogP contribution < -0.4 is 0 Å². The zero-order valence-electron chi connectivity index (χ0n) is 20.7. The fourth-order valence-electron chi connectivity index (χ4n) is 4.74. The van der Waals surface area contributed by atoms with Gasteiger partial charge in [0.25, 0.3) is 0 Å². The molecule has 0 aliphatic carbocycles. The molecule has 0 radical (unpaired) electrons. The zero-order chi connectivity index (χ0) is 25.3. The van der Waals surface area contributed by atoms with E-state index in [9.17, 15) is 20.4 Å². The number of hydrogen-bond donors (Lipinski definition) is 4. The first-order valence-corrected chi connectivity index (χ1v) is 11.8. The van der Waals surface area contributed by atoms with Crippen LogP contribution in [0.5, 0.6) is 23.0 Å². The number of phenols is 4. The van der Waals surface area contributed by atoms with Crippen molar-refractivity contribution >= 4 is 0 Å². The summed E-state index contributed by atoms with van der Waals surface area (Å²) in [5.74, 6) is 1.07. The summed E-state index contributed by atoms with van der Waals surface area (Å²) in [6, 6.07) is 18.2. The topological polar surface area (TPSA) is 80.9 Å². The Hall–Kier alpha value is -3.92. The van der Waals surface area contributed by atoms with Crippen LogP contribution >= 0.6 is 0 Å². The van der Waals surface area contributed by atoms with Crippen molar-refractivity contribution in [3.8, 4) is 23.0 Å². The molecule has 4 N–H and O–H groups in total. The van der Waals surface area contributed by atoms with Crippen LogP contribution in [0.1, 0.15) is 55.6 Å². The Labute approximate surface area is 206 Å². The van der Waals surface area contributed by atoms with Crippen LogP contribution in [0.25, 0.3) is 0 Å². The fourth-order valence-corrected chi connectivity index (χ4v) is 4.74. The van der Waals surface area contributed by atoms with Gasteiger partial charge in [-0.1, -0.05) is 36.4 Å². The Bertz CT molecular complexity index is 1260. The Morgan fingerprint density at radius 2 is 0.829 bits per heavy atom. The highest BCUT2D eigenvalue weighted by atomic mass is 16.3. The number of rotatable bonds is 6. The van der Waals surface area contributed by atoms with Gasteiger partial charge in [-0.25, -0.2) is 0 Å². The lowest BCUT2D eigenvalue weighted by Crippen LogP contribution is -2.04. The number of aromatic hydroxyl groups is 4. The van der Waals surface area contributed by atoms with Crippen LogP contribution in [-0.2, 0) is 19.3 Å². The molecule has 0 bridgehead atoms. The molecule has 4 aromatic rings. The number of aryl methyl sites for hydroxylation is 2. The van der Waals surface area contributed by atoms with Crippen LogP contribution in [0.3, 0.4) is 0 Å². The Kier molecular flexibility index (Phi) is 6.74. The molecule has 180 valence electrons. The summed E-state index contributed by atoms with van der Waals surface area (Å²) in [7, 11) is 0. The predicted octanol–water partition coefficient (Wildman–Crippen LogP) is 6.52. The lowest BCUT2D eigenvalue weighted by Gasteiger charge is -2.19. The van der Waals surface area contributed by atoms with Crippen molar-refractivity contribution in [3.63, 3.8) is 0 Å². The third-order valence-corrected chi connectivity index (χ3v) is 6.98. The first-order chi connectivity index (χ1) is 16.6. The zero-order valence-corrected chi connectivity index (χ0v) is 20.7. The highest BCUT2D eigenvalue weighted by Gasteiger charge is 2.18. The van der Waals surface area contributed by atoms with E-state index in [0.29, 0.717) is 30.8 Å². The minimum atomic E-state index is 0.223. The maximum atomic E-state index is 10.8. The van der Waals surface area contributed by atoms with Crippen molar-refractivity contribution in [3.05, 3.63) is 116 Å².